The number of aryl methyl sites for hydroxylation is 1. The largest absolute Gasteiger partial charge is 0.418 e. The van der Waals surface area contributed by atoms with Gasteiger partial charge in [-0.15, -0.1) is 0 Å². The van der Waals surface area contributed by atoms with Crippen LogP contribution in [0.5, 0.6) is 0 Å². The van der Waals surface area contributed by atoms with Crippen LogP contribution in [-0.4, -0.2) is 4.92 Å². The first-order valence-electron chi connectivity index (χ1n) is 4.48. The number of hydrogen-bond acceptors (Lipinski definition) is 5. The molecule has 1 aromatic carbocycles. The van der Waals surface area contributed by atoms with Crippen molar-refractivity contribution < 1.29 is 9.34 Å². The molecule has 0 radical (unpaired) electrons. The Morgan fingerprint density at radius 3 is 2.75 bits per heavy atom. The number of hydrogen-bond donors (Lipinski definition) is 1. The van der Waals surface area contributed by atoms with Crippen LogP contribution in [0.15, 0.2) is 27.4 Å². The Balaban J connectivity index is 2.94. The molecule has 6 nitrogen and oxygen atoms in total. The fourth-order valence-electron chi connectivity index (χ4n) is 1.50. The maximum absolute atomic E-state index is 11.3. The van der Waals surface area contributed by atoms with Gasteiger partial charge in [-0.25, -0.2) is 4.79 Å². The number of nitrogen functional groups attached to an aromatic ring is 1. The quantitative estimate of drug-likeness (QED) is 0.447. The van der Waals surface area contributed by atoms with Crippen molar-refractivity contribution in [2.75, 3.05) is 5.73 Å². The monoisotopic (exact) mass is 220 g/mol. The Labute approximate surface area is 89.4 Å². The summed E-state index contributed by atoms with van der Waals surface area (Å²) in [4.78, 5) is 21.1. The van der Waals surface area contributed by atoms with Crippen LogP contribution in [0.3, 0.4) is 0 Å². The summed E-state index contributed by atoms with van der Waals surface area (Å²) < 4.78 is 4.84. The number of rotatable bonds is 1. The van der Waals surface area contributed by atoms with Crippen LogP contribution < -0.4 is 11.4 Å². The number of nitrogens with two attached hydrogens (primary N) is 1. The summed E-state index contributed by atoms with van der Waals surface area (Å²) in [6.45, 7) is 1.82. The third-order valence-corrected chi connectivity index (χ3v) is 2.26. The molecule has 16 heavy (non-hydrogen) atoms. The average Bonchev–Trinajstić information content (AvgIpc) is 2.15. The molecular formula is C10H8N2O4. The van der Waals surface area contributed by atoms with Gasteiger partial charge in [0.05, 0.1) is 4.92 Å². The minimum Gasteiger partial charge on any atom is -0.418 e. The number of benzene rings is 1. The van der Waals surface area contributed by atoms with Crippen molar-refractivity contribution in [1.29, 1.82) is 0 Å². The highest BCUT2D eigenvalue weighted by Gasteiger charge is 2.22. The second-order valence-corrected chi connectivity index (χ2v) is 3.41. The number of nitro groups is 1. The number of nitrogens with zero attached hydrogens (tertiary/aromatic N) is 1. The van der Waals surface area contributed by atoms with Gasteiger partial charge in [0, 0.05) is 5.39 Å². The Kier molecular flexibility index (Phi) is 2.12. The predicted octanol–water partition coefficient (Wildman–Crippen LogP) is 1.59. The molecule has 0 aliphatic rings. The van der Waals surface area contributed by atoms with Gasteiger partial charge < -0.3 is 10.2 Å². The Morgan fingerprint density at radius 2 is 2.12 bits per heavy atom. The summed E-state index contributed by atoms with van der Waals surface area (Å²) in [7, 11) is 0. The molecule has 1 aromatic heterocycles. The minimum atomic E-state index is -1.03. The topological polar surface area (TPSA) is 99.4 Å². The van der Waals surface area contributed by atoms with Crippen molar-refractivity contribution in [1.82, 2.24) is 0 Å². The summed E-state index contributed by atoms with van der Waals surface area (Å²) in [6.07, 6.45) is 0. The van der Waals surface area contributed by atoms with E-state index in [2.05, 4.69) is 0 Å². The molecule has 0 bridgehead atoms. The lowest BCUT2D eigenvalue weighted by molar-refractivity contribution is -0.386. The summed E-state index contributed by atoms with van der Waals surface area (Å²) in [5.74, 6) is 0. The number of anilines is 1. The maximum Gasteiger partial charge on any atom is 0.417 e. The van der Waals surface area contributed by atoms with Crippen LogP contribution >= 0.6 is 0 Å². The molecule has 6 heteroatoms. The van der Waals surface area contributed by atoms with E-state index in [0.29, 0.717) is 5.39 Å². The van der Waals surface area contributed by atoms with Crippen molar-refractivity contribution in [2.45, 2.75) is 6.92 Å². The molecule has 0 unspecified atom stereocenters. The third-order valence-electron chi connectivity index (χ3n) is 2.26. The Morgan fingerprint density at radius 1 is 1.44 bits per heavy atom. The molecule has 2 N–H and O–H groups in total. The van der Waals surface area contributed by atoms with Crippen molar-refractivity contribution in [3.63, 3.8) is 0 Å². The van der Waals surface area contributed by atoms with Crippen LogP contribution in [0.2, 0.25) is 0 Å². The minimum absolute atomic E-state index is 0.156. The van der Waals surface area contributed by atoms with Gasteiger partial charge in [0.2, 0.25) is 0 Å². The van der Waals surface area contributed by atoms with E-state index in [0.717, 1.165) is 5.56 Å². The van der Waals surface area contributed by atoms with Crippen LogP contribution in [0.4, 0.5) is 11.4 Å². The smallest absolute Gasteiger partial charge is 0.417 e. The van der Waals surface area contributed by atoms with E-state index in [1.54, 1.807) is 18.2 Å². The van der Waals surface area contributed by atoms with Crippen LogP contribution in [0.1, 0.15) is 5.56 Å². The zero-order chi connectivity index (χ0) is 11.9. The average molecular weight is 220 g/mol. The van der Waals surface area contributed by atoms with Crippen molar-refractivity contribution >= 4 is 22.3 Å². The first-order chi connectivity index (χ1) is 7.50. The predicted molar refractivity (Wildman–Crippen MR) is 58.3 cm³/mol. The number of fused-ring (bicyclic) bond motifs is 1. The van der Waals surface area contributed by atoms with E-state index in [1.807, 2.05) is 6.92 Å². The fourth-order valence-corrected chi connectivity index (χ4v) is 1.50. The van der Waals surface area contributed by atoms with Gasteiger partial charge in [-0.2, -0.15) is 0 Å². The van der Waals surface area contributed by atoms with Gasteiger partial charge in [0.25, 0.3) is 0 Å². The van der Waals surface area contributed by atoms with Crippen LogP contribution in [-0.2, 0) is 0 Å². The summed E-state index contributed by atoms with van der Waals surface area (Å²) in [5.41, 5.74) is 4.81. The van der Waals surface area contributed by atoms with E-state index in [4.69, 9.17) is 10.2 Å². The van der Waals surface area contributed by atoms with Gasteiger partial charge in [-0.1, -0.05) is 6.07 Å². The lowest BCUT2D eigenvalue weighted by Gasteiger charge is -2.01. The molecule has 0 saturated heterocycles. The molecule has 2 rings (SSSR count). The molecular weight excluding hydrogens is 212 g/mol. The molecule has 0 fully saturated rings. The molecule has 0 amide bonds. The normalized spacial score (nSPS) is 10.6. The zero-order valence-electron chi connectivity index (χ0n) is 8.39. The third kappa shape index (κ3) is 1.40. The highest BCUT2D eigenvalue weighted by molar-refractivity contribution is 5.93. The second-order valence-electron chi connectivity index (χ2n) is 3.41. The second kappa shape index (κ2) is 3.34. The van der Waals surface area contributed by atoms with Gasteiger partial charge in [0.15, 0.2) is 0 Å². The summed E-state index contributed by atoms with van der Waals surface area (Å²) in [5, 5.41) is 11.0. The van der Waals surface area contributed by atoms with Crippen molar-refractivity contribution in [2.24, 2.45) is 0 Å². The zero-order valence-corrected chi connectivity index (χ0v) is 8.39. The van der Waals surface area contributed by atoms with Gasteiger partial charge in [-0.3, -0.25) is 10.1 Å². The van der Waals surface area contributed by atoms with Gasteiger partial charge >= 0.3 is 11.3 Å². The molecule has 0 aliphatic heterocycles. The SMILES string of the molecule is Cc1ccc2c(N)c([N+](=O)[O-])c(=O)oc2c1. The lowest BCUT2D eigenvalue weighted by atomic mass is 10.1. The molecule has 2 aromatic rings. The lowest BCUT2D eigenvalue weighted by Crippen LogP contribution is -2.10. The van der Waals surface area contributed by atoms with Crippen LogP contribution in [0, 0.1) is 17.0 Å². The Hall–Kier alpha value is -2.37. The van der Waals surface area contributed by atoms with E-state index in [1.165, 1.54) is 0 Å². The van der Waals surface area contributed by atoms with Crippen molar-refractivity contribution in [3.8, 4) is 0 Å². The van der Waals surface area contributed by atoms with E-state index < -0.39 is 16.2 Å². The van der Waals surface area contributed by atoms with E-state index in [-0.39, 0.29) is 11.3 Å². The van der Waals surface area contributed by atoms with Crippen LogP contribution in [0.25, 0.3) is 11.0 Å². The van der Waals surface area contributed by atoms with Gasteiger partial charge in [-0.05, 0) is 24.6 Å². The molecule has 1 heterocycles. The fraction of sp³-hybridized carbons (Fsp3) is 0.100. The van der Waals surface area contributed by atoms with Gasteiger partial charge in [0.1, 0.15) is 11.3 Å². The van der Waals surface area contributed by atoms with E-state index in [9.17, 15) is 14.9 Å². The maximum atomic E-state index is 11.3. The standard InChI is InChI=1S/C10H8N2O4/c1-5-2-3-6-7(4-5)16-10(13)9(8(6)11)12(14)15/h2-4H,11H2,1H3. The first kappa shape index (κ1) is 10.2. The molecule has 82 valence electrons. The molecule has 0 saturated carbocycles. The summed E-state index contributed by atoms with van der Waals surface area (Å²) in [6, 6.07) is 4.94. The first-order valence-corrected chi connectivity index (χ1v) is 4.48. The molecule has 0 atom stereocenters. The highest BCUT2D eigenvalue weighted by Crippen LogP contribution is 2.27. The molecule has 0 aliphatic carbocycles. The Bertz CT molecular complexity index is 645. The van der Waals surface area contributed by atoms with Crippen molar-refractivity contribution in [3.05, 3.63) is 44.3 Å². The molecule has 0 spiro atoms. The van der Waals surface area contributed by atoms with E-state index >= 15 is 0 Å². The summed E-state index contributed by atoms with van der Waals surface area (Å²) >= 11 is 0. The highest BCUT2D eigenvalue weighted by atomic mass is 16.6.